The molecule has 0 unspecified atom stereocenters. The Labute approximate surface area is 231 Å². The predicted molar refractivity (Wildman–Crippen MR) is 151 cm³/mol. The van der Waals surface area contributed by atoms with Gasteiger partial charge in [-0.15, -0.1) is 0 Å². The zero-order valence-corrected chi connectivity index (χ0v) is 22.5. The van der Waals surface area contributed by atoms with Crippen LogP contribution in [-0.4, -0.2) is 50.2 Å². The number of aldehydes is 1. The number of rotatable bonds is 6. The number of hydrogen-bond acceptors (Lipinski definition) is 9. The molecule has 10 heteroatoms. The fourth-order valence-electron chi connectivity index (χ4n) is 6.21. The highest BCUT2D eigenvalue weighted by Crippen LogP contribution is 2.57. The van der Waals surface area contributed by atoms with E-state index in [9.17, 15) is 10.1 Å². The maximum atomic E-state index is 11.7. The van der Waals surface area contributed by atoms with Gasteiger partial charge in [0.05, 0.1) is 33.7 Å². The summed E-state index contributed by atoms with van der Waals surface area (Å²) in [6.07, 6.45) is 11.2. The van der Waals surface area contributed by atoms with Gasteiger partial charge in [-0.1, -0.05) is 11.8 Å². The number of thioether (sulfide) groups is 1. The number of aromatic nitrogens is 3. The largest absolute Gasteiger partial charge is 0.381 e. The number of hydrogen-bond donors (Lipinski definition) is 3. The van der Waals surface area contributed by atoms with Gasteiger partial charge in [0.15, 0.2) is 0 Å². The molecule has 7 rings (SSSR count). The minimum atomic E-state index is -0.220. The van der Waals surface area contributed by atoms with Crippen LogP contribution in [0, 0.1) is 33.0 Å². The van der Waals surface area contributed by atoms with E-state index in [0.717, 1.165) is 74.6 Å². The van der Waals surface area contributed by atoms with Gasteiger partial charge in [-0.2, -0.15) is 10.4 Å². The summed E-state index contributed by atoms with van der Waals surface area (Å²) in [7, 11) is 0. The van der Waals surface area contributed by atoms with Crippen molar-refractivity contribution in [1.29, 1.82) is 16.1 Å². The summed E-state index contributed by atoms with van der Waals surface area (Å²) in [6, 6.07) is 9.95. The summed E-state index contributed by atoms with van der Waals surface area (Å²) in [5, 5.41) is 36.1. The quantitative estimate of drug-likeness (QED) is 0.215. The molecule has 4 aliphatic rings. The van der Waals surface area contributed by atoms with Gasteiger partial charge in [-0.05, 0) is 75.6 Å². The SMILES string of the molecule is N#Cc1cnn2c(-c3cc(NC4CCOCC4)c(C(=N)SC(=N)C45CCC(C=O)(CC4)CC5)cn3)ccc2c1. The second-order valence-corrected chi connectivity index (χ2v) is 12.1. The third kappa shape index (κ3) is 4.74. The highest BCUT2D eigenvalue weighted by Gasteiger charge is 2.51. The average molecular weight is 542 g/mol. The molecule has 0 aromatic carbocycles. The van der Waals surface area contributed by atoms with Crippen LogP contribution >= 0.6 is 11.8 Å². The fourth-order valence-corrected chi connectivity index (χ4v) is 7.21. The first-order valence-corrected chi connectivity index (χ1v) is 14.3. The van der Waals surface area contributed by atoms with E-state index in [-0.39, 0.29) is 16.9 Å². The molecule has 3 aromatic heterocycles. The van der Waals surface area contributed by atoms with Crippen LogP contribution in [-0.2, 0) is 9.53 Å². The van der Waals surface area contributed by atoms with Gasteiger partial charge in [0.2, 0.25) is 0 Å². The molecule has 1 aliphatic heterocycles. The van der Waals surface area contributed by atoms with Gasteiger partial charge in [0.1, 0.15) is 17.4 Å². The molecule has 1 saturated heterocycles. The van der Waals surface area contributed by atoms with Crippen molar-refractivity contribution in [2.45, 2.75) is 57.4 Å². The number of pyridine rings is 1. The highest BCUT2D eigenvalue weighted by atomic mass is 32.2. The minimum absolute atomic E-state index is 0.186. The van der Waals surface area contributed by atoms with Gasteiger partial charge in [-0.25, -0.2) is 4.52 Å². The van der Waals surface area contributed by atoms with Crippen molar-refractivity contribution >= 4 is 39.3 Å². The molecule has 0 atom stereocenters. The number of carbonyl (C=O) groups is 1. The Morgan fingerprint density at radius 1 is 1.13 bits per heavy atom. The molecule has 3 aromatic rings. The van der Waals surface area contributed by atoms with Gasteiger partial charge in [0.25, 0.3) is 0 Å². The van der Waals surface area contributed by atoms with Gasteiger partial charge < -0.3 is 14.8 Å². The van der Waals surface area contributed by atoms with E-state index in [1.807, 2.05) is 18.2 Å². The molecule has 3 aliphatic carbocycles. The Morgan fingerprint density at radius 2 is 1.87 bits per heavy atom. The zero-order valence-electron chi connectivity index (χ0n) is 21.7. The van der Waals surface area contributed by atoms with Crippen LogP contribution in [0.4, 0.5) is 5.69 Å². The minimum Gasteiger partial charge on any atom is -0.381 e. The normalized spacial score (nSPS) is 24.8. The molecular weight excluding hydrogens is 510 g/mol. The third-order valence-corrected chi connectivity index (χ3v) is 9.92. The van der Waals surface area contributed by atoms with Crippen LogP contribution in [0.1, 0.15) is 62.5 Å². The number of fused-ring (bicyclic) bond motifs is 4. The second kappa shape index (κ2) is 10.2. The lowest BCUT2D eigenvalue weighted by Gasteiger charge is -2.51. The van der Waals surface area contributed by atoms with Crippen molar-refractivity contribution in [2.24, 2.45) is 10.8 Å². The lowest BCUT2D eigenvalue weighted by molar-refractivity contribution is -0.122. The first kappa shape index (κ1) is 25.7. The molecule has 4 fully saturated rings. The smallest absolute Gasteiger partial charge is 0.126 e. The summed E-state index contributed by atoms with van der Waals surface area (Å²) in [4.78, 5) is 16.4. The standard InChI is InChI=1S/C29H31N7O2S/c30-15-19-13-21-1-2-25(36(21)34-16-19)24-14-23(35-20-3-11-38-12-4-20)22(17-33-24)26(31)39-27(32)29-8-5-28(18-37,6-9-29)7-10-29/h1-2,13-14,16-18,20,31-32H,3-12H2,(H,33,35). The fraction of sp³-hybridized carbons (Fsp3) is 0.448. The second-order valence-electron chi connectivity index (χ2n) is 11.1. The first-order valence-electron chi connectivity index (χ1n) is 13.5. The molecule has 3 N–H and O–H groups in total. The summed E-state index contributed by atoms with van der Waals surface area (Å²) >= 11 is 1.23. The summed E-state index contributed by atoms with van der Waals surface area (Å²) in [5.41, 5.74) is 3.89. The van der Waals surface area contributed by atoms with Gasteiger partial charge >= 0.3 is 0 Å². The molecule has 0 amide bonds. The van der Waals surface area contributed by atoms with Crippen LogP contribution < -0.4 is 5.32 Å². The summed E-state index contributed by atoms with van der Waals surface area (Å²) in [5.74, 6) is 0. The number of nitriles is 1. The Morgan fingerprint density at radius 3 is 2.56 bits per heavy atom. The molecule has 4 heterocycles. The van der Waals surface area contributed by atoms with E-state index in [0.29, 0.717) is 40.1 Å². The van der Waals surface area contributed by atoms with Crippen molar-refractivity contribution in [3.05, 3.63) is 47.8 Å². The maximum Gasteiger partial charge on any atom is 0.126 e. The topological polar surface area (TPSA) is 140 Å². The van der Waals surface area contributed by atoms with E-state index in [4.69, 9.17) is 20.5 Å². The predicted octanol–water partition coefficient (Wildman–Crippen LogP) is 5.43. The summed E-state index contributed by atoms with van der Waals surface area (Å²) in [6.45, 7) is 1.39. The number of ether oxygens (including phenoxy) is 1. The first-order chi connectivity index (χ1) is 18.9. The molecule has 9 nitrogen and oxygen atoms in total. The Kier molecular flexibility index (Phi) is 6.73. The Balaban J connectivity index is 1.29. The Hall–Kier alpha value is -3.55. The zero-order chi connectivity index (χ0) is 27.0. The molecule has 0 spiro atoms. The molecule has 200 valence electrons. The van der Waals surface area contributed by atoms with Crippen LogP contribution in [0.3, 0.4) is 0 Å². The van der Waals surface area contributed by atoms with Crippen molar-refractivity contribution in [1.82, 2.24) is 14.6 Å². The number of anilines is 1. The molecule has 3 saturated carbocycles. The van der Waals surface area contributed by atoms with Crippen LogP contribution in [0.2, 0.25) is 0 Å². The maximum absolute atomic E-state index is 11.7. The van der Waals surface area contributed by atoms with Crippen LogP contribution in [0.5, 0.6) is 0 Å². The van der Waals surface area contributed by atoms with Crippen molar-refractivity contribution < 1.29 is 9.53 Å². The molecule has 2 bridgehead atoms. The van der Waals surface area contributed by atoms with E-state index in [1.165, 1.54) is 11.8 Å². The molecule has 39 heavy (non-hydrogen) atoms. The van der Waals surface area contributed by atoms with Crippen molar-refractivity contribution in [2.75, 3.05) is 18.5 Å². The number of nitrogens with one attached hydrogen (secondary N) is 3. The third-order valence-electron chi connectivity index (χ3n) is 8.86. The van der Waals surface area contributed by atoms with Crippen LogP contribution in [0.25, 0.3) is 16.9 Å². The number of carbonyl (C=O) groups excluding carboxylic acids is 1. The van der Waals surface area contributed by atoms with E-state index in [1.54, 1.807) is 23.0 Å². The highest BCUT2D eigenvalue weighted by molar-refractivity contribution is 8.26. The monoisotopic (exact) mass is 541 g/mol. The average Bonchev–Trinajstić information content (AvgIpc) is 3.42. The van der Waals surface area contributed by atoms with E-state index >= 15 is 0 Å². The van der Waals surface area contributed by atoms with Crippen LogP contribution in [0.15, 0.2) is 36.7 Å². The van der Waals surface area contributed by atoms with Crippen molar-refractivity contribution in [3.63, 3.8) is 0 Å². The van der Waals surface area contributed by atoms with Gasteiger partial charge in [-0.3, -0.25) is 15.8 Å². The lowest BCUT2D eigenvalue weighted by Crippen LogP contribution is -2.45. The number of nitrogens with zero attached hydrogens (tertiary/aromatic N) is 4. The Bertz CT molecular complexity index is 1480. The van der Waals surface area contributed by atoms with E-state index in [2.05, 4.69) is 16.5 Å². The van der Waals surface area contributed by atoms with E-state index < -0.39 is 0 Å². The van der Waals surface area contributed by atoms with Gasteiger partial charge in [0, 0.05) is 47.5 Å². The summed E-state index contributed by atoms with van der Waals surface area (Å²) < 4.78 is 7.31. The lowest BCUT2D eigenvalue weighted by atomic mass is 9.54. The van der Waals surface area contributed by atoms with Crippen molar-refractivity contribution in [3.8, 4) is 17.5 Å². The molecule has 0 radical (unpaired) electrons. The molecular formula is C29H31N7O2S.